The molecule has 156 valence electrons. The number of ether oxygens (including phenoxy) is 1. The van der Waals surface area contributed by atoms with Crippen LogP contribution in [0.2, 0.25) is 0 Å². The summed E-state index contributed by atoms with van der Waals surface area (Å²) in [5.41, 5.74) is 1.72. The number of methoxy groups -OCH3 is 1. The van der Waals surface area contributed by atoms with Crippen LogP contribution < -0.4 is 10.3 Å². The number of hydrogen-bond acceptors (Lipinski definition) is 8. The van der Waals surface area contributed by atoms with Gasteiger partial charge in [-0.15, -0.1) is 20.4 Å². The van der Waals surface area contributed by atoms with Crippen molar-refractivity contribution in [2.75, 3.05) is 7.11 Å². The molecule has 2 aromatic carbocycles. The van der Waals surface area contributed by atoms with E-state index < -0.39 is 0 Å². The van der Waals surface area contributed by atoms with E-state index in [1.807, 2.05) is 46.9 Å². The number of aromatic nitrogens is 6. The van der Waals surface area contributed by atoms with Gasteiger partial charge in [0.2, 0.25) is 11.7 Å². The van der Waals surface area contributed by atoms with Crippen LogP contribution in [0.25, 0.3) is 16.7 Å². The highest BCUT2D eigenvalue weighted by atomic mass is 32.2. The lowest BCUT2D eigenvalue weighted by molar-refractivity contribution is 0.413. The molecule has 0 aliphatic rings. The second-order valence-electron chi connectivity index (χ2n) is 6.91. The summed E-state index contributed by atoms with van der Waals surface area (Å²) >= 11 is 1.38. The fourth-order valence-corrected chi connectivity index (χ4v) is 4.09. The highest BCUT2D eigenvalue weighted by molar-refractivity contribution is 7.98. The Morgan fingerprint density at radius 1 is 1.03 bits per heavy atom. The van der Waals surface area contributed by atoms with Gasteiger partial charge in [-0.2, -0.15) is 0 Å². The first-order valence-corrected chi connectivity index (χ1v) is 10.5. The van der Waals surface area contributed by atoms with E-state index in [1.54, 1.807) is 20.2 Å². The summed E-state index contributed by atoms with van der Waals surface area (Å²) in [7, 11) is 3.33. The summed E-state index contributed by atoms with van der Waals surface area (Å²) in [6.07, 6.45) is 0.540. The molecule has 5 aromatic rings. The molecule has 0 saturated heterocycles. The first-order chi connectivity index (χ1) is 15.1. The van der Waals surface area contributed by atoms with Gasteiger partial charge in [-0.25, -0.2) is 0 Å². The molecule has 0 aliphatic heterocycles. The fourth-order valence-electron chi connectivity index (χ4n) is 3.40. The third kappa shape index (κ3) is 3.55. The lowest BCUT2D eigenvalue weighted by Gasteiger charge is -2.07. The van der Waals surface area contributed by atoms with Crippen LogP contribution in [0, 0.1) is 0 Å². The molecule has 0 unspecified atom stereocenters. The Morgan fingerprint density at radius 3 is 2.65 bits per heavy atom. The van der Waals surface area contributed by atoms with E-state index >= 15 is 0 Å². The molecule has 3 heterocycles. The second-order valence-corrected chi connectivity index (χ2v) is 7.83. The van der Waals surface area contributed by atoms with Crippen LogP contribution in [-0.4, -0.2) is 36.5 Å². The Kier molecular flexibility index (Phi) is 4.91. The van der Waals surface area contributed by atoms with E-state index in [4.69, 9.17) is 9.15 Å². The molecule has 0 fully saturated rings. The first-order valence-electron chi connectivity index (χ1n) is 9.54. The number of thioether (sulfide) groups is 1. The first kappa shape index (κ1) is 19.3. The summed E-state index contributed by atoms with van der Waals surface area (Å²) in [5, 5.41) is 17.8. The van der Waals surface area contributed by atoms with E-state index in [2.05, 4.69) is 20.4 Å². The molecule has 0 saturated carbocycles. The zero-order chi connectivity index (χ0) is 21.4. The van der Waals surface area contributed by atoms with Gasteiger partial charge < -0.3 is 9.15 Å². The average molecular weight is 434 g/mol. The monoisotopic (exact) mass is 434 g/mol. The van der Waals surface area contributed by atoms with Crippen LogP contribution in [0.5, 0.6) is 5.75 Å². The number of aryl methyl sites for hydroxylation is 1. The minimum absolute atomic E-state index is 0.102. The predicted octanol–water partition coefficient (Wildman–Crippen LogP) is 2.86. The topological polar surface area (TPSA) is 100 Å². The molecule has 5 rings (SSSR count). The van der Waals surface area contributed by atoms with Crippen molar-refractivity contribution in [2.45, 2.75) is 17.4 Å². The van der Waals surface area contributed by atoms with Crippen molar-refractivity contribution >= 4 is 28.4 Å². The molecule has 0 N–H and O–H groups in total. The van der Waals surface area contributed by atoms with E-state index in [-0.39, 0.29) is 5.56 Å². The summed E-state index contributed by atoms with van der Waals surface area (Å²) < 4.78 is 14.3. The Bertz CT molecular complexity index is 1440. The zero-order valence-electron chi connectivity index (χ0n) is 16.8. The van der Waals surface area contributed by atoms with Gasteiger partial charge in [0.25, 0.3) is 10.8 Å². The Hall–Kier alpha value is -3.66. The molecule has 0 aliphatic carbocycles. The molecule has 0 bridgehead atoms. The van der Waals surface area contributed by atoms with Crippen LogP contribution in [0.3, 0.4) is 0 Å². The number of fused-ring (bicyclic) bond motifs is 3. The molecule has 9 nitrogen and oxygen atoms in total. The van der Waals surface area contributed by atoms with Gasteiger partial charge in [-0.3, -0.25) is 13.8 Å². The van der Waals surface area contributed by atoms with Crippen molar-refractivity contribution < 1.29 is 9.15 Å². The smallest absolute Gasteiger partial charge is 0.277 e. The van der Waals surface area contributed by atoms with Crippen molar-refractivity contribution in [1.29, 1.82) is 0 Å². The van der Waals surface area contributed by atoms with Crippen LogP contribution in [0.4, 0.5) is 0 Å². The molecule has 0 amide bonds. The van der Waals surface area contributed by atoms with Crippen molar-refractivity contribution in [3.05, 3.63) is 76.2 Å². The number of hydrogen-bond donors (Lipinski definition) is 0. The van der Waals surface area contributed by atoms with Crippen LogP contribution in [0.15, 0.2) is 63.0 Å². The maximum Gasteiger partial charge on any atom is 0.277 e. The molecule has 10 heteroatoms. The molecule has 3 aromatic heterocycles. The molecular weight excluding hydrogens is 416 g/mol. The summed E-state index contributed by atoms with van der Waals surface area (Å²) in [5.74, 6) is 2.99. The van der Waals surface area contributed by atoms with E-state index in [0.29, 0.717) is 40.3 Å². The van der Waals surface area contributed by atoms with Gasteiger partial charge in [0, 0.05) is 7.05 Å². The zero-order valence-corrected chi connectivity index (χ0v) is 17.7. The van der Waals surface area contributed by atoms with E-state index in [0.717, 1.165) is 16.8 Å². The molecule has 0 spiro atoms. The van der Waals surface area contributed by atoms with Crippen LogP contribution >= 0.6 is 11.8 Å². The van der Waals surface area contributed by atoms with Gasteiger partial charge in [0.15, 0.2) is 0 Å². The second kappa shape index (κ2) is 7.88. The van der Waals surface area contributed by atoms with Crippen molar-refractivity contribution in [3.63, 3.8) is 0 Å². The molecule has 0 atom stereocenters. The quantitative estimate of drug-likeness (QED) is 0.376. The normalized spacial score (nSPS) is 11.4. The van der Waals surface area contributed by atoms with Crippen molar-refractivity contribution in [1.82, 2.24) is 29.4 Å². The van der Waals surface area contributed by atoms with Crippen LogP contribution in [-0.2, 0) is 19.2 Å². The largest absolute Gasteiger partial charge is 0.497 e. The standard InChI is InChI=1S/C21H18N6O3S/c1-26-19(28)15-5-3-4-6-16(15)27-17(22-24-20(26)27)12-31-21-25-23-18(30-21)11-13-7-9-14(29-2)10-8-13/h3-10H,11-12H2,1-2H3. The highest BCUT2D eigenvalue weighted by Crippen LogP contribution is 2.23. The van der Waals surface area contributed by atoms with Crippen molar-refractivity contribution in [3.8, 4) is 5.75 Å². The van der Waals surface area contributed by atoms with Gasteiger partial charge in [-0.05, 0) is 29.8 Å². The fraction of sp³-hybridized carbons (Fsp3) is 0.190. The van der Waals surface area contributed by atoms with Crippen LogP contribution in [0.1, 0.15) is 17.3 Å². The maximum atomic E-state index is 12.6. The van der Waals surface area contributed by atoms with Gasteiger partial charge in [-0.1, -0.05) is 36.0 Å². The molecular formula is C21H18N6O3S. The highest BCUT2D eigenvalue weighted by Gasteiger charge is 2.16. The number of benzene rings is 2. The van der Waals surface area contributed by atoms with E-state index in [9.17, 15) is 4.79 Å². The number of para-hydroxylation sites is 1. The lowest BCUT2D eigenvalue weighted by atomic mass is 10.1. The molecule has 31 heavy (non-hydrogen) atoms. The lowest BCUT2D eigenvalue weighted by Crippen LogP contribution is -2.20. The van der Waals surface area contributed by atoms with Crippen molar-refractivity contribution in [2.24, 2.45) is 7.05 Å². The van der Waals surface area contributed by atoms with Gasteiger partial charge in [0.1, 0.15) is 11.6 Å². The summed E-state index contributed by atoms with van der Waals surface area (Å²) in [6, 6.07) is 15.2. The summed E-state index contributed by atoms with van der Waals surface area (Å²) in [4.78, 5) is 12.6. The SMILES string of the molecule is COc1ccc(Cc2nnc(SCc3nnc4n(C)c(=O)c5ccccc5n34)o2)cc1. The third-order valence-corrected chi connectivity index (χ3v) is 5.79. The minimum atomic E-state index is -0.102. The Labute approximate surface area is 180 Å². The minimum Gasteiger partial charge on any atom is -0.497 e. The number of rotatable bonds is 6. The Morgan fingerprint density at radius 2 is 1.84 bits per heavy atom. The van der Waals surface area contributed by atoms with Gasteiger partial charge >= 0.3 is 0 Å². The summed E-state index contributed by atoms with van der Waals surface area (Å²) in [6.45, 7) is 0. The number of nitrogens with zero attached hydrogens (tertiary/aromatic N) is 6. The Balaban J connectivity index is 1.37. The maximum absolute atomic E-state index is 12.6. The average Bonchev–Trinajstić information content (AvgIpc) is 3.43. The van der Waals surface area contributed by atoms with E-state index in [1.165, 1.54) is 16.3 Å². The predicted molar refractivity (Wildman–Crippen MR) is 115 cm³/mol. The third-order valence-electron chi connectivity index (χ3n) is 4.98. The molecule has 0 radical (unpaired) electrons. The van der Waals surface area contributed by atoms with Gasteiger partial charge in [0.05, 0.1) is 30.2 Å².